The number of furan rings is 1. The maximum Gasteiger partial charge on any atom is 0.416 e. The molecule has 3 aromatic rings. The number of alkyl halides is 3. The highest BCUT2D eigenvalue weighted by molar-refractivity contribution is 7.15. The van der Waals surface area contributed by atoms with Crippen molar-refractivity contribution in [2.45, 2.75) is 13.1 Å². The third kappa shape index (κ3) is 3.46. The van der Waals surface area contributed by atoms with Crippen molar-refractivity contribution in [1.82, 2.24) is 10.2 Å². The van der Waals surface area contributed by atoms with Gasteiger partial charge in [-0.15, -0.1) is 10.2 Å². The summed E-state index contributed by atoms with van der Waals surface area (Å²) in [6.45, 7) is 1.74. The number of nitrogens with zero attached hydrogens (tertiary/aromatic N) is 2. The molecule has 3 rings (SSSR count). The molecule has 1 aromatic carbocycles. The molecule has 0 fully saturated rings. The third-order valence-electron chi connectivity index (χ3n) is 3.05. The predicted molar refractivity (Wildman–Crippen MR) is 81.7 cm³/mol. The number of carbonyl (C=O) groups is 1. The fourth-order valence-corrected chi connectivity index (χ4v) is 2.56. The number of amides is 1. The zero-order valence-corrected chi connectivity index (χ0v) is 13.0. The van der Waals surface area contributed by atoms with Crippen molar-refractivity contribution >= 4 is 22.4 Å². The van der Waals surface area contributed by atoms with Gasteiger partial charge in [-0.05, 0) is 31.2 Å². The van der Waals surface area contributed by atoms with Gasteiger partial charge in [0, 0.05) is 5.56 Å². The summed E-state index contributed by atoms with van der Waals surface area (Å²) in [6, 6.07) is 7.52. The van der Waals surface area contributed by atoms with Crippen LogP contribution in [0.5, 0.6) is 0 Å². The Kier molecular flexibility index (Phi) is 4.10. The minimum atomic E-state index is -4.45. The van der Waals surface area contributed by atoms with Crippen LogP contribution in [0.1, 0.15) is 21.1 Å². The molecule has 0 saturated heterocycles. The van der Waals surface area contributed by atoms with Crippen LogP contribution in [0, 0.1) is 6.92 Å². The van der Waals surface area contributed by atoms with Crippen LogP contribution < -0.4 is 5.32 Å². The normalized spacial score (nSPS) is 11.5. The molecule has 2 aromatic heterocycles. The first-order chi connectivity index (χ1) is 11.3. The SMILES string of the molecule is Cc1nnc(NC(=O)c2ccc(-c3cccc(C(F)(F)F)c3)o2)s1. The van der Waals surface area contributed by atoms with Crippen LogP contribution in [0.3, 0.4) is 0 Å². The summed E-state index contributed by atoms with van der Waals surface area (Å²) in [6.07, 6.45) is -4.45. The highest BCUT2D eigenvalue weighted by Crippen LogP contribution is 2.32. The van der Waals surface area contributed by atoms with Gasteiger partial charge < -0.3 is 4.42 Å². The second kappa shape index (κ2) is 6.08. The number of aromatic nitrogens is 2. The minimum Gasteiger partial charge on any atom is -0.451 e. The van der Waals surface area contributed by atoms with Crippen LogP contribution in [0.25, 0.3) is 11.3 Å². The number of hydrogen-bond acceptors (Lipinski definition) is 5. The van der Waals surface area contributed by atoms with Crippen LogP contribution >= 0.6 is 11.3 Å². The summed E-state index contributed by atoms with van der Waals surface area (Å²) in [7, 11) is 0. The quantitative estimate of drug-likeness (QED) is 0.759. The number of anilines is 1. The molecule has 24 heavy (non-hydrogen) atoms. The molecule has 2 heterocycles. The molecule has 0 unspecified atom stereocenters. The summed E-state index contributed by atoms with van der Waals surface area (Å²) in [5, 5.41) is 11.0. The molecule has 1 N–H and O–H groups in total. The van der Waals surface area contributed by atoms with Crippen molar-refractivity contribution in [3.05, 3.63) is 52.7 Å². The van der Waals surface area contributed by atoms with Crippen LogP contribution in [-0.2, 0) is 6.18 Å². The average Bonchev–Trinajstić information content (AvgIpc) is 3.16. The first-order valence-electron chi connectivity index (χ1n) is 6.72. The number of benzene rings is 1. The van der Waals surface area contributed by atoms with Crippen molar-refractivity contribution in [1.29, 1.82) is 0 Å². The molecule has 5 nitrogen and oxygen atoms in total. The lowest BCUT2D eigenvalue weighted by molar-refractivity contribution is -0.137. The zero-order chi connectivity index (χ0) is 17.3. The summed E-state index contributed by atoms with van der Waals surface area (Å²) >= 11 is 1.20. The lowest BCUT2D eigenvalue weighted by Gasteiger charge is -2.07. The predicted octanol–water partition coefficient (Wildman–Crippen LogP) is 4.38. The van der Waals surface area contributed by atoms with E-state index in [1.807, 2.05) is 0 Å². The fraction of sp³-hybridized carbons (Fsp3) is 0.133. The van der Waals surface area contributed by atoms with E-state index >= 15 is 0 Å². The number of hydrogen-bond donors (Lipinski definition) is 1. The smallest absolute Gasteiger partial charge is 0.416 e. The molecule has 0 aliphatic rings. The topological polar surface area (TPSA) is 68.0 Å². The number of nitrogens with one attached hydrogen (secondary N) is 1. The monoisotopic (exact) mass is 353 g/mol. The van der Waals surface area contributed by atoms with Crippen LogP contribution in [0.15, 0.2) is 40.8 Å². The van der Waals surface area contributed by atoms with Gasteiger partial charge in [0.2, 0.25) is 5.13 Å². The van der Waals surface area contributed by atoms with E-state index in [9.17, 15) is 18.0 Å². The van der Waals surface area contributed by atoms with Gasteiger partial charge in [-0.2, -0.15) is 13.2 Å². The molecule has 0 aliphatic heterocycles. The summed E-state index contributed by atoms with van der Waals surface area (Å²) in [5.41, 5.74) is -0.553. The molecule has 0 radical (unpaired) electrons. The Labute approximate surface area is 138 Å². The maximum atomic E-state index is 12.8. The Morgan fingerprint density at radius 2 is 2.00 bits per heavy atom. The van der Waals surface area contributed by atoms with Crippen LogP contribution in [-0.4, -0.2) is 16.1 Å². The summed E-state index contributed by atoms with van der Waals surface area (Å²) < 4.78 is 43.6. The van der Waals surface area contributed by atoms with Crippen molar-refractivity contribution in [2.24, 2.45) is 0 Å². The van der Waals surface area contributed by atoms with Gasteiger partial charge in [0.25, 0.3) is 5.91 Å². The zero-order valence-electron chi connectivity index (χ0n) is 12.2. The van der Waals surface area contributed by atoms with Crippen LogP contribution in [0.4, 0.5) is 18.3 Å². The molecule has 124 valence electrons. The molecule has 1 amide bonds. The summed E-state index contributed by atoms with van der Waals surface area (Å²) in [5.74, 6) is -0.417. The Morgan fingerprint density at radius 1 is 1.21 bits per heavy atom. The van der Waals surface area contributed by atoms with Crippen molar-refractivity contribution < 1.29 is 22.4 Å². The number of rotatable bonds is 3. The van der Waals surface area contributed by atoms with E-state index in [4.69, 9.17) is 4.42 Å². The first-order valence-corrected chi connectivity index (χ1v) is 7.53. The Hall–Kier alpha value is -2.68. The average molecular weight is 353 g/mol. The number of aryl methyl sites for hydroxylation is 1. The largest absolute Gasteiger partial charge is 0.451 e. The Morgan fingerprint density at radius 3 is 2.67 bits per heavy atom. The summed E-state index contributed by atoms with van der Waals surface area (Å²) in [4.78, 5) is 12.0. The van der Waals surface area contributed by atoms with Gasteiger partial charge in [-0.25, -0.2) is 0 Å². The van der Waals surface area contributed by atoms with Gasteiger partial charge >= 0.3 is 6.18 Å². The van der Waals surface area contributed by atoms with E-state index in [1.54, 1.807) is 6.92 Å². The molecule has 0 aliphatic carbocycles. The van der Waals surface area contributed by atoms with Crippen molar-refractivity contribution in [3.8, 4) is 11.3 Å². The molecular formula is C15H10F3N3O2S. The third-order valence-corrected chi connectivity index (χ3v) is 3.80. The van der Waals surface area contributed by atoms with E-state index in [-0.39, 0.29) is 17.1 Å². The maximum absolute atomic E-state index is 12.8. The van der Waals surface area contributed by atoms with Crippen molar-refractivity contribution in [2.75, 3.05) is 5.32 Å². The van der Waals surface area contributed by atoms with Gasteiger partial charge in [-0.3, -0.25) is 10.1 Å². The Bertz CT molecular complexity index is 886. The first kappa shape index (κ1) is 16.2. The van der Waals surface area contributed by atoms with E-state index in [0.717, 1.165) is 12.1 Å². The molecule has 0 bridgehead atoms. The molecule has 0 atom stereocenters. The highest BCUT2D eigenvalue weighted by Gasteiger charge is 2.30. The van der Waals surface area contributed by atoms with Gasteiger partial charge in [-0.1, -0.05) is 23.5 Å². The van der Waals surface area contributed by atoms with Gasteiger partial charge in [0.1, 0.15) is 10.8 Å². The molecular weight excluding hydrogens is 343 g/mol. The lowest BCUT2D eigenvalue weighted by Crippen LogP contribution is -2.10. The lowest BCUT2D eigenvalue weighted by atomic mass is 10.1. The standard InChI is InChI=1S/C15H10F3N3O2S/c1-8-20-21-14(24-8)19-13(22)12-6-5-11(23-12)9-3-2-4-10(7-9)15(16,17)18/h2-7H,1H3,(H,19,21,22). The van der Waals surface area contributed by atoms with E-state index in [2.05, 4.69) is 15.5 Å². The van der Waals surface area contributed by atoms with E-state index in [1.165, 1.54) is 35.6 Å². The fourth-order valence-electron chi connectivity index (χ4n) is 1.97. The second-order valence-electron chi connectivity index (χ2n) is 4.82. The highest BCUT2D eigenvalue weighted by atomic mass is 32.1. The number of carbonyl (C=O) groups excluding carboxylic acids is 1. The second-order valence-corrected chi connectivity index (χ2v) is 6.00. The van der Waals surface area contributed by atoms with Gasteiger partial charge in [0.15, 0.2) is 5.76 Å². The van der Waals surface area contributed by atoms with E-state index in [0.29, 0.717) is 10.1 Å². The van der Waals surface area contributed by atoms with Gasteiger partial charge in [0.05, 0.1) is 5.56 Å². The van der Waals surface area contributed by atoms with Crippen LogP contribution in [0.2, 0.25) is 0 Å². The molecule has 0 spiro atoms. The van der Waals surface area contributed by atoms with E-state index < -0.39 is 17.6 Å². The molecule has 9 heteroatoms. The Balaban J connectivity index is 1.81. The van der Waals surface area contributed by atoms with Crippen molar-refractivity contribution in [3.63, 3.8) is 0 Å². The molecule has 0 saturated carbocycles. The minimum absolute atomic E-state index is 0.0322. The number of halogens is 3.